The van der Waals surface area contributed by atoms with Crippen LogP contribution in [0.15, 0.2) is 64.6 Å². The van der Waals surface area contributed by atoms with Crippen LogP contribution in [0.1, 0.15) is 18.1 Å². The Morgan fingerprint density at radius 3 is 2.35 bits per heavy atom. The van der Waals surface area contributed by atoms with E-state index in [1.807, 2.05) is 6.07 Å². The van der Waals surface area contributed by atoms with Gasteiger partial charge in [-0.15, -0.1) is 0 Å². The van der Waals surface area contributed by atoms with E-state index in [9.17, 15) is 9.90 Å². The first-order chi connectivity index (χ1) is 11.1. The van der Waals surface area contributed by atoms with Gasteiger partial charge >= 0.3 is 5.97 Å². The molecular formula is C18H16BrNO3. The normalized spacial score (nSPS) is 11.6. The quantitative estimate of drug-likeness (QED) is 0.354. The highest BCUT2D eigenvalue weighted by Gasteiger charge is 2.24. The van der Waals surface area contributed by atoms with E-state index in [2.05, 4.69) is 15.9 Å². The van der Waals surface area contributed by atoms with Gasteiger partial charge in [0, 0.05) is 15.6 Å². The van der Waals surface area contributed by atoms with Gasteiger partial charge in [-0.2, -0.15) is 0 Å². The highest BCUT2D eigenvalue weighted by atomic mass is 79.9. The summed E-state index contributed by atoms with van der Waals surface area (Å²) in [4.78, 5) is 12.3. The van der Waals surface area contributed by atoms with E-state index in [1.165, 1.54) is 0 Å². The molecule has 0 aliphatic rings. The van der Waals surface area contributed by atoms with Crippen LogP contribution in [0.3, 0.4) is 0 Å². The monoisotopic (exact) mass is 373 g/mol. The Labute approximate surface area is 143 Å². The molecule has 2 rings (SSSR count). The van der Waals surface area contributed by atoms with Crippen LogP contribution in [-0.4, -0.2) is 23.4 Å². The van der Waals surface area contributed by atoms with Crippen LogP contribution in [0.4, 0.5) is 0 Å². The summed E-state index contributed by atoms with van der Waals surface area (Å²) in [7, 11) is 0. The second kappa shape index (κ2) is 7.74. The minimum Gasteiger partial charge on any atom is -0.506 e. The lowest BCUT2D eigenvalue weighted by molar-refractivity contribution is -0.137. The first kappa shape index (κ1) is 17.0. The van der Waals surface area contributed by atoms with Crippen molar-refractivity contribution in [3.05, 3.63) is 75.8 Å². The molecule has 0 fully saturated rings. The summed E-state index contributed by atoms with van der Waals surface area (Å²) in [5.41, 5.74) is 0.702. The maximum Gasteiger partial charge on any atom is 0.344 e. The largest absolute Gasteiger partial charge is 0.506 e. The van der Waals surface area contributed by atoms with Crippen molar-refractivity contribution in [2.45, 2.75) is 6.92 Å². The molecule has 0 amide bonds. The number of esters is 1. The molecule has 0 aliphatic carbocycles. The highest BCUT2D eigenvalue weighted by molar-refractivity contribution is 9.10. The molecule has 0 saturated heterocycles. The van der Waals surface area contributed by atoms with E-state index in [1.54, 1.807) is 55.5 Å². The summed E-state index contributed by atoms with van der Waals surface area (Å²) < 4.78 is 5.64. The molecule has 5 heteroatoms. The third-order valence-electron chi connectivity index (χ3n) is 3.16. The number of hydrogen-bond acceptors (Lipinski definition) is 4. The SMILES string of the molecule is CCOC(=O)/C(C(=N)c1ccccc1)=C(/O)c1ccccc1Br. The molecule has 0 atom stereocenters. The maximum atomic E-state index is 12.3. The minimum atomic E-state index is -0.727. The predicted molar refractivity (Wildman–Crippen MR) is 93.6 cm³/mol. The van der Waals surface area contributed by atoms with Gasteiger partial charge in [-0.3, -0.25) is 5.41 Å². The minimum absolute atomic E-state index is 0.0858. The molecule has 2 aromatic rings. The number of ether oxygens (including phenoxy) is 1. The second-order valence-corrected chi connectivity index (χ2v) is 5.52. The molecule has 0 spiro atoms. The van der Waals surface area contributed by atoms with Crippen LogP contribution in [0, 0.1) is 5.41 Å². The lowest BCUT2D eigenvalue weighted by Crippen LogP contribution is -2.18. The molecular weight excluding hydrogens is 358 g/mol. The topological polar surface area (TPSA) is 70.4 Å². The van der Waals surface area contributed by atoms with E-state index in [-0.39, 0.29) is 23.7 Å². The summed E-state index contributed by atoms with van der Waals surface area (Å²) >= 11 is 3.34. The Morgan fingerprint density at radius 1 is 1.13 bits per heavy atom. The number of rotatable bonds is 5. The zero-order valence-electron chi connectivity index (χ0n) is 12.5. The standard InChI is InChI=1S/C18H16BrNO3/c1-2-23-18(22)15(16(20)12-8-4-3-5-9-12)17(21)13-10-6-7-11-14(13)19/h3-11,20-21H,2H2,1H3/b17-15+,20-16?. The first-order valence-electron chi connectivity index (χ1n) is 7.05. The lowest BCUT2D eigenvalue weighted by Gasteiger charge is -2.13. The number of carbonyl (C=O) groups excluding carboxylic acids is 1. The fraction of sp³-hybridized carbons (Fsp3) is 0.111. The number of hydrogen-bond donors (Lipinski definition) is 2. The Kier molecular flexibility index (Phi) is 5.71. The van der Waals surface area contributed by atoms with E-state index >= 15 is 0 Å². The molecule has 0 heterocycles. The molecule has 0 unspecified atom stereocenters. The van der Waals surface area contributed by atoms with Crippen molar-refractivity contribution in [2.24, 2.45) is 0 Å². The van der Waals surface area contributed by atoms with Crippen molar-refractivity contribution in [3.63, 3.8) is 0 Å². The number of aliphatic hydroxyl groups excluding tert-OH is 1. The zero-order valence-corrected chi connectivity index (χ0v) is 14.1. The Hall–Kier alpha value is -2.40. The van der Waals surface area contributed by atoms with Gasteiger partial charge in [-0.25, -0.2) is 4.79 Å². The summed E-state index contributed by atoms with van der Waals surface area (Å²) in [6.07, 6.45) is 0. The maximum absolute atomic E-state index is 12.3. The van der Waals surface area contributed by atoms with Crippen LogP contribution in [0.5, 0.6) is 0 Å². The molecule has 0 aliphatic heterocycles. The highest BCUT2D eigenvalue weighted by Crippen LogP contribution is 2.27. The molecule has 0 saturated carbocycles. The average Bonchev–Trinajstić information content (AvgIpc) is 2.56. The van der Waals surface area contributed by atoms with E-state index in [0.29, 0.717) is 15.6 Å². The van der Waals surface area contributed by atoms with Crippen LogP contribution in [0.2, 0.25) is 0 Å². The molecule has 0 bridgehead atoms. The molecule has 0 radical (unpaired) electrons. The third kappa shape index (κ3) is 3.87. The first-order valence-corrected chi connectivity index (χ1v) is 7.85. The Balaban J connectivity index is 2.59. The van der Waals surface area contributed by atoms with Crippen molar-refractivity contribution < 1.29 is 14.6 Å². The van der Waals surface area contributed by atoms with Gasteiger partial charge in [0.1, 0.15) is 11.3 Å². The summed E-state index contributed by atoms with van der Waals surface area (Å²) in [6, 6.07) is 15.7. The Bertz CT molecular complexity index is 754. The van der Waals surface area contributed by atoms with Gasteiger partial charge in [0.2, 0.25) is 0 Å². The molecule has 2 N–H and O–H groups in total. The van der Waals surface area contributed by atoms with Crippen LogP contribution >= 0.6 is 15.9 Å². The van der Waals surface area contributed by atoms with Gasteiger partial charge in [-0.05, 0) is 13.0 Å². The molecule has 4 nitrogen and oxygen atoms in total. The number of nitrogens with one attached hydrogen (secondary N) is 1. The number of halogens is 1. The van der Waals surface area contributed by atoms with Crippen molar-refractivity contribution in [1.29, 1.82) is 5.41 Å². The van der Waals surface area contributed by atoms with Crippen molar-refractivity contribution >= 4 is 33.4 Å². The van der Waals surface area contributed by atoms with Crippen LogP contribution < -0.4 is 0 Å². The number of carbonyl (C=O) groups is 1. The number of benzene rings is 2. The van der Waals surface area contributed by atoms with Crippen molar-refractivity contribution in [3.8, 4) is 0 Å². The Morgan fingerprint density at radius 2 is 1.74 bits per heavy atom. The second-order valence-electron chi connectivity index (χ2n) is 4.66. The van der Waals surface area contributed by atoms with Gasteiger partial charge in [0.05, 0.1) is 12.3 Å². The summed E-state index contributed by atoms with van der Waals surface area (Å²) in [6.45, 7) is 1.84. The fourth-order valence-electron chi connectivity index (χ4n) is 2.06. The molecule has 118 valence electrons. The molecule has 0 aromatic heterocycles. The summed E-state index contributed by atoms with van der Waals surface area (Å²) in [5.74, 6) is -1.01. The number of aliphatic hydroxyl groups is 1. The fourth-order valence-corrected chi connectivity index (χ4v) is 2.53. The predicted octanol–water partition coefficient (Wildman–Crippen LogP) is 4.35. The van der Waals surface area contributed by atoms with Gasteiger partial charge in [0.15, 0.2) is 0 Å². The van der Waals surface area contributed by atoms with Crippen LogP contribution in [0.25, 0.3) is 5.76 Å². The molecule has 2 aromatic carbocycles. The van der Waals surface area contributed by atoms with E-state index in [0.717, 1.165) is 0 Å². The average molecular weight is 374 g/mol. The smallest absolute Gasteiger partial charge is 0.344 e. The van der Waals surface area contributed by atoms with Crippen LogP contribution in [-0.2, 0) is 9.53 Å². The van der Waals surface area contributed by atoms with Crippen molar-refractivity contribution in [1.82, 2.24) is 0 Å². The van der Waals surface area contributed by atoms with E-state index in [4.69, 9.17) is 10.1 Å². The lowest BCUT2D eigenvalue weighted by atomic mass is 9.98. The van der Waals surface area contributed by atoms with E-state index < -0.39 is 5.97 Å². The third-order valence-corrected chi connectivity index (χ3v) is 3.85. The van der Waals surface area contributed by atoms with Gasteiger partial charge in [0.25, 0.3) is 0 Å². The van der Waals surface area contributed by atoms with Gasteiger partial charge < -0.3 is 9.84 Å². The van der Waals surface area contributed by atoms with Gasteiger partial charge in [-0.1, -0.05) is 64.5 Å². The van der Waals surface area contributed by atoms with Crippen molar-refractivity contribution in [2.75, 3.05) is 6.61 Å². The molecule has 23 heavy (non-hydrogen) atoms. The zero-order chi connectivity index (χ0) is 16.8. The summed E-state index contributed by atoms with van der Waals surface area (Å²) in [5, 5.41) is 18.9.